The predicted molar refractivity (Wildman–Crippen MR) is 62.1 cm³/mol. The first-order valence-corrected chi connectivity index (χ1v) is 6.01. The summed E-state index contributed by atoms with van der Waals surface area (Å²) in [4.78, 5) is 10.0. The highest BCUT2D eigenvalue weighted by Gasteiger charge is 2.34. The first kappa shape index (κ1) is 16.7. The van der Waals surface area contributed by atoms with E-state index in [4.69, 9.17) is 0 Å². The summed E-state index contributed by atoms with van der Waals surface area (Å²) in [7, 11) is 0. The second-order valence-electron chi connectivity index (χ2n) is 3.57. The Hall–Kier alpha value is -1.38. The summed E-state index contributed by atoms with van der Waals surface area (Å²) < 4.78 is 69.1. The summed E-state index contributed by atoms with van der Waals surface area (Å²) in [6.07, 6.45) is -5.03. The van der Waals surface area contributed by atoms with Crippen molar-refractivity contribution < 1.29 is 36.2 Å². The summed E-state index contributed by atoms with van der Waals surface area (Å²) in [6.45, 7) is -2.17. The van der Waals surface area contributed by atoms with Crippen molar-refractivity contribution in [2.45, 2.75) is 24.7 Å². The van der Waals surface area contributed by atoms with E-state index >= 15 is 0 Å². The molecule has 0 aliphatic rings. The molecule has 1 unspecified atom stereocenters. The average Bonchev–Trinajstić information content (AvgIpc) is 2.25. The van der Waals surface area contributed by atoms with Crippen molar-refractivity contribution in [2.75, 3.05) is 0 Å². The third kappa shape index (κ3) is 4.62. The molecule has 0 fully saturated rings. The van der Waals surface area contributed by atoms with E-state index in [1.807, 2.05) is 0 Å². The molecule has 3 nitrogen and oxygen atoms in total. The number of alkyl halides is 6. The standard InChI is InChI=1S/C11H8BrF5O3/c1-5(18)9(12)8-6(19-10(13)14)3-2-4-7(8)20-11(15,16)17/h2-4,9-10H,1H3. The van der Waals surface area contributed by atoms with Crippen LogP contribution < -0.4 is 9.47 Å². The van der Waals surface area contributed by atoms with Crippen LogP contribution in [0.3, 0.4) is 0 Å². The minimum absolute atomic E-state index is 0.447. The molecule has 0 spiro atoms. The molecule has 1 aromatic carbocycles. The van der Waals surface area contributed by atoms with E-state index in [0.717, 1.165) is 25.1 Å². The first-order valence-electron chi connectivity index (χ1n) is 5.10. The first-order chi connectivity index (χ1) is 9.11. The predicted octanol–water partition coefficient (Wildman–Crippen LogP) is 4.21. The summed E-state index contributed by atoms with van der Waals surface area (Å²) >= 11 is 2.83. The van der Waals surface area contributed by atoms with Gasteiger partial charge in [-0.05, 0) is 19.1 Å². The van der Waals surface area contributed by atoms with E-state index in [0.29, 0.717) is 0 Å². The molecule has 0 bridgehead atoms. The molecule has 0 amide bonds. The van der Waals surface area contributed by atoms with Gasteiger partial charge in [0, 0.05) is 0 Å². The summed E-state index contributed by atoms with van der Waals surface area (Å²) in [5, 5.41) is 0. The van der Waals surface area contributed by atoms with Crippen LogP contribution in [0.4, 0.5) is 22.0 Å². The number of rotatable bonds is 5. The largest absolute Gasteiger partial charge is 0.573 e. The Morgan fingerprint density at radius 1 is 1.25 bits per heavy atom. The SMILES string of the molecule is CC(=O)C(Br)c1c(OC(F)F)cccc1OC(F)(F)F. The lowest BCUT2D eigenvalue weighted by Gasteiger charge is -2.18. The third-order valence-electron chi connectivity index (χ3n) is 2.08. The minimum atomic E-state index is -5.03. The van der Waals surface area contributed by atoms with Gasteiger partial charge in [-0.1, -0.05) is 22.0 Å². The van der Waals surface area contributed by atoms with Crippen molar-refractivity contribution in [2.24, 2.45) is 0 Å². The monoisotopic (exact) mass is 362 g/mol. The van der Waals surface area contributed by atoms with Crippen LogP contribution in [0.1, 0.15) is 17.3 Å². The molecular formula is C11H8BrF5O3. The van der Waals surface area contributed by atoms with Gasteiger partial charge in [0.2, 0.25) is 0 Å². The number of ketones is 1. The average molecular weight is 363 g/mol. The highest BCUT2D eigenvalue weighted by atomic mass is 79.9. The van der Waals surface area contributed by atoms with E-state index < -0.39 is 40.6 Å². The van der Waals surface area contributed by atoms with E-state index in [1.165, 1.54) is 0 Å². The second-order valence-corrected chi connectivity index (χ2v) is 4.48. The zero-order valence-corrected chi connectivity index (χ0v) is 11.5. The van der Waals surface area contributed by atoms with Gasteiger partial charge in [-0.2, -0.15) is 8.78 Å². The molecular weight excluding hydrogens is 355 g/mol. The number of hydrogen-bond acceptors (Lipinski definition) is 3. The maximum atomic E-state index is 12.3. The summed E-state index contributed by atoms with van der Waals surface area (Å²) in [6, 6.07) is 2.96. The van der Waals surface area contributed by atoms with E-state index in [9.17, 15) is 26.7 Å². The third-order valence-corrected chi connectivity index (χ3v) is 3.18. The molecule has 9 heteroatoms. The normalized spacial score (nSPS) is 13.2. The van der Waals surface area contributed by atoms with Gasteiger partial charge < -0.3 is 9.47 Å². The lowest BCUT2D eigenvalue weighted by atomic mass is 10.1. The highest BCUT2D eigenvalue weighted by molar-refractivity contribution is 9.09. The second kappa shape index (κ2) is 6.38. The Bertz CT molecular complexity index is 489. The fourth-order valence-electron chi connectivity index (χ4n) is 1.39. The number of halogens is 6. The van der Waals surface area contributed by atoms with Crippen LogP contribution in [0.2, 0.25) is 0 Å². The van der Waals surface area contributed by atoms with Crippen molar-refractivity contribution >= 4 is 21.7 Å². The fourth-order valence-corrected chi connectivity index (χ4v) is 1.84. The van der Waals surface area contributed by atoms with Crippen molar-refractivity contribution in [3.63, 3.8) is 0 Å². The Labute approximate surface area is 118 Å². The van der Waals surface area contributed by atoms with Crippen molar-refractivity contribution in [1.82, 2.24) is 0 Å². The fraction of sp³-hybridized carbons (Fsp3) is 0.364. The zero-order chi connectivity index (χ0) is 15.5. The molecule has 0 N–H and O–H groups in total. The zero-order valence-electron chi connectivity index (χ0n) is 9.88. The number of carbonyl (C=O) groups excluding carboxylic acids is 1. The van der Waals surface area contributed by atoms with Crippen molar-refractivity contribution in [3.05, 3.63) is 23.8 Å². The number of ether oxygens (including phenoxy) is 2. The van der Waals surface area contributed by atoms with E-state index in [2.05, 4.69) is 25.4 Å². The topological polar surface area (TPSA) is 35.5 Å². The summed E-state index contributed by atoms with van der Waals surface area (Å²) in [5.41, 5.74) is -0.447. The van der Waals surface area contributed by atoms with Gasteiger partial charge in [0.05, 0.1) is 5.56 Å². The molecule has 0 heterocycles. The van der Waals surface area contributed by atoms with Crippen LogP contribution in [-0.2, 0) is 4.79 Å². The molecule has 0 saturated carbocycles. The minimum Gasteiger partial charge on any atom is -0.434 e. The molecule has 1 rings (SSSR count). The lowest BCUT2D eigenvalue weighted by molar-refractivity contribution is -0.274. The van der Waals surface area contributed by atoms with Crippen molar-refractivity contribution in [3.8, 4) is 11.5 Å². The Morgan fingerprint density at radius 3 is 2.25 bits per heavy atom. The molecule has 0 radical (unpaired) electrons. The summed E-state index contributed by atoms with van der Waals surface area (Å²) in [5.74, 6) is -1.95. The number of hydrogen-bond donors (Lipinski definition) is 0. The van der Waals surface area contributed by atoms with Crippen LogP contribution in [0.25, 0.3) is 0 Å². The maximum absolute atomic E-state index is 12.3. The molecule has 0 aliphatic carbocycles. The number of benzene rings is 1. The van der Waals surface area contributed by atoms with Crippen LogP contribution in [-0.4, -0.2) is 18.8 Å². The molecule has 0 aromatic heterocycles. The number of Topliss-reactive ketones (excluding diaryl/α,β-unsaturated/α-hetero) is 1. The van der Waals surface area contributed by atoms with Crippen LogP contribution in [0.5, 0.6) is 11.5 Å². The Kier molecular flexibility index (Phi) is 5.32. The van der Waals surface area contributed by atoms with Gasteiger partial charge >= 0.3 is 13.0 Å². The van der Waals surface area contributed by atoms with Crippen LogP contribution in [0.15, 0.2) is 18.2 Å². The smallest absolute Gasteiger partial charge is 0.434 e. The maximum Gasteiger partial charge on any atom is 0.573 e. The van der Waals surface area contributed by atoms with Gasteiger partial charge in [-0.3, -0.25) is 4.79 Å². The van der Waals surface area contributed by atoms with Gasteiger partial charge in [-0.25, -0.2) is 0 Å². The Morgan fingerprint density at radius 2 is 1.80 bits per heavy atom. The molecule has 1 atom stereocenters. The van der Waals surface area contributed by atoms with Crippen LogP contribution in [0, 0.1) is 0 Å². The molecule has 0 aliphatic heterocycles. The molecule has 20 heavy (non-hydrogen) atoms. The molecule has 0 saturated heterocycles. The van der Waals surface area contributed by atoms with Crippen LogP contribution >= 0.6 is 15.9 Å². The van der Waals surface area contributed by atoms with Gasteiger partial charge in [0.1, 0.15) is 22.1 Å². The molecule has 1 aromatic rings. The van der Waals surface area contributed by atoms with Gasteiger partial charge in [0.15, 0.2) is 0 Å². The van der Waals surface area contributed by atoms with Crippen molar-refractivity contribution in [1.29, 1.82) is 0 Å². The highest BCUT2D eigenvalue weighted by Crippen LogP contribution is 2.41. The molecule has 112 valence electrons. The van der Waals surface area contributed by atoms with E-state index in [1.54, 1.807) is 0 Å². The lowest BCUT2D eigenvalue weighted by Crippen LogP contribution is -2.19. The van der Waals surface area contributed by atoms with E-state index in [-0.39, 0.29) is 0 Å². The quantitative estimate of drug-likeness (QED) is 0.581. The van der Waals surface area contributed by atoms with Gasteiger partial charge in [-0.15, -0.1) is 13.2 Å². The Balaban J connectivity index is 3.32. The van der Waals surface area contributed by atoms with Gasteiger partial charge in [0.25, 0.3) is 0 Å². The number of carbonyl (C=O) groups is 1.